The molecule has 0 radical (unpaired) electrons. The number of rotatable bonds is 10. The van der Waals surface area contributed by atoms with Gasteiger partial charge < -0.3 is 9.47 Å². The summed E-state index contributed by atoms with van der Waals surface area (Å²) in [6, 6.07) is 21.9. The molecule has 51 heavy (non-hydrogen) atoms. The number of hydrogen-bond donors (Lipinski definition) is 0. The maximum atomic E-state index is 14.4. The highest BCUT2D eigenvalue weighted by atomic mass is 19.2. The van der Waals surface area contributed by atoms with Gasteiger partial charge in [-0.15, -0.1) is 6.58 Å². The fourth-order valence-corrected chi connectivity index (χ4v) is 7.52. The van der Waals surface area contributed by atoms with Crippen LogP contribution in [-0.4, -0.2) is 13.2 Å². The van der Waals surface area contributed by atoms with Gasteiger partial charge in [0, 0.05) is 11.1 Å². The van der Waals surface area contributed by atoms with Gasteiger partial charge in [-0.2, -0.15) is 8.78 Å². The highest BCUT2D eigenvalue weighted by Crippen LogP contribution is 2.39. The van der Waals surface area contributed by atoms with Crippen molar-refractivity contribution in [3.05, 3.63) is 132 Å². The summed E-state index contributed by atoms with van der Waals surface area (Å²) >= 11 is 0. The SMILES string of the molecule is C/C=C/C1CCC(c2ccc(-c3ccc(OCC)c(F)c3F)cc2)CC1.C=CC1CCC(c2ccc(-c3ccc(OCC)c(F)c3F)cc2)CC1. The molecule has 0 amide bonds. The second-order valence-corrected chi connectivity index (χ2v) is 13.6. The van der Waals surface area contributed by atoms with Crippen molar-refractivity contribution in [1.29, 1.82) is 0 Å². The average Bonchev–Trinajstić information content (AvgIpc) is 3.17. The second kappa shape index (κ2) is 18.3. The molecule has 0 N–H and O–H groups in total. The monoisotopic (exact) mass is 698 g/mol. The van der Waals surface area contributed by atoms with E-state index >= 15 is 0 Å². The quantitative estimate of drug-likeness (QED) is 0.121. The zero-order valence-electron chi connectivity index (χ0n) is 30.1. The van der Waals surface area contributed by atoms with Gasteiger partial charge in [0.05, 0.1) is 13.2 Å². The molecule has 6 heteroatoms. The highest BCUT2D eigenvalue weighted by Gasteiger charge is 2.23. The van der Waals surface area contributed by atoms with Crippen LogP contribution >= 0.6 is 0 Å². The minimum Gasteiger partial charge on any atom is -0.491 e. The predicted molar refractivity (Wildman–Crippen MR) is 200 cm³/mol. The molecule has 6 rings (SSSR count). The van der Waals surface area contributed by atoms with Crippen molar-refractivity contribution in [1.82, 2.24) is 0 Å². The zero-order valence-corrected chi connectivity index (χ0v) is 30.1. The first-order valence-electron chi connectivity index (χ1n) is 18.4. The molecule has 0 bridgehead atoms. The van der Waals surface area contributed by atoms with Crippen molar-refractivity contribution in [2.24, 2.45) is 11.8 Å². The third-order valence-corrected chi connectivity index (χ3v) is 10.4. The van der Waals surface area contributed by atoms with Gasteiger partial charge in [0.1, 0.15) is 0 Å². The van der Waals surface area contributed by atoms with Crippen LogP contribution in [0.15, 0.2) is 97.6 Å². The van der Waals surface area contributed by atoms with Gasteiger partial charge in [-0.1, -0.05) is 66.8 Å². The zero-order chi connectivity index (χ0) is 36.3. The van der Waals surface area contributed by atoms with Crippen LogP contribution < -0.4 is 9.47 Å². The van der Waals surface area contributed by atoms with Gasteiger partial charge >= 0.3 is 0 Å². The molecule has 0 spiro atoms. The molecule has 2 saturated carbocycles. The molecule has 0 aromatic heterocycles. The first-order chi connectivity index (χ1) is 24.8. The fraction of sp³-hybridized carbons (Fsp3) is 0.378. The third kappa shape index (κ3) is 9.32. The Bertz CT molecular complexity index is 1750. The van der Waals surface area contributed by atoms with Crippen LogP contribution in [0.4, 0.5) is 17.6 Å². The molecule has 0 aliphatic heterocycles. The smallest absolute Gasteiger partial charge is 0.201 e. The van der Waals surface area contributed by atoms with Gasteiger partial charge in [-0.05, 0) is 142 Å². The normalized spacial score (nSPS) is 20.4. The Hall–Kier alpha value is -4.32. The lowest BCUT2D eigenvalue weighted by atomic mass is 9.78. The Labute approximate surface area is 301 Å². The minimum atomic E-state index is -0.925. The van der Waals surface area contributed by atoms with E-state index in [1.165, 1.54) is 61.8 Å². The first-order valence-corrected chi connectivity index (χ1v) is 18.4. The molecule has 0 heterocycles. The van der Waals surface area contributed by atoms with Crippen LogP contribution in [0.3, 0.4) is 0 Å². The Balaban J connectivity index is 0.000000198. The average molecular weight is 699 g/mol. The van der Waals surface area contributed by atoms with E-state index in [1.54, 1.807) is 26.0 Å². The maximum Gasteiger partial charge on any atom is 0.201 e. The Morgan fingerprint density at radius 2 is 0.941 bits per heavy atom. The molecule has 2 aliphatic carbocycles. The summed E-state index contributed by atoms with van der Waals surface area (Å²) in [5.74, 6) is -1.18. The summed E-state index contributed by atoms with van der Waals surface area (Å²) in [5, 5.41) is 0. The third-order valence-electron chi connectivity index (χ3n) is 10.4. The van der Waals surface area contributed by atoms with Crippen LogP contribution in [-0.2, 0) is 0 Å². The summed E-state index contributed by atoms with van der Waals surface area (Å²) < 4.78 is 67.1. The van der Waals surface area contributed by atoms with Crippen LogP contribution in [0.1, 0.15) is 95.1 Å². The van der Waals surface area contributed by atoms with Crippen molar-refractivity contribution >= 4 is 0 Å². The van der Waals surface area contributed by atoms with E-state index in [-0.39, 0.29) is 22.6 Å². The van der Waals surface area contributed by atoms with Crippen LogP contribution in [0.25, 0.3) is 22.3 Å². The van der Waals surface area contributed by atoms with E-state index in [9.17, 15) is 17.6 Å². The second-order valence-electron chi connectivity index (χ2n) is 13.6. The Morgan fingerprint density at radius 3 is 1.29 bits per heavy atom. The maximum absolute atomic E-state index is 14.4. The lowest BCUT2D eigenvalue weighted by Gasteiger charge is -2.27. The highest BCUT2D eigenvalue weighted by molar-refractivity contribution is 5.66. The van der Waals surface area contributed by atoms with Crippen LogP contribution in [0, 0.1) is 35.1 Å². The molecular weight excluding hydrogens is 648 g/mol. The summed E-state index contributed by atoms with van der Waals surface area (Å²) in [6.45, 7) is 10.1. The van der Waals surface area contributed by atoms with Gasteiger partial charge in [-0.25, -0.2) is 8.78 Å². The molecular formula is C45H50F4O2. The molecule has 0 atom stereocenters. The van der Waals surface area contributed by atoms with E-state index < -0.39 is 23.3 Å². The molecule has 2 nitrogen and oxygen atoms in total. The van der Waals surface area contributed by atoms with E-state index in [2.05, 4.69) is 43.9 Å². The van der Waals surface area contributed by atoms with E-state index in [0.29, 0.717) is 48.0 Å². The fourth-order valence-electron chi connectivity index (χ4n) is 7.52. The van der Waals surface area contributed by atoms with Crippen molar-refractivity contribution in [2.75, 3.05) is 13.2 Å². The minimum absolute atomic E-state index is 0.0386. The molecule has 4 aromatic carbocycles. The summed E-state index contributed by atoms with van der Waals surface area (Å²) in [6.07, 6.45) is 16.0. The largest absolute Gasteiger partial charge is 0.491 e. The topological polar surface area (TPSA) is 18.5 Å². The van der Waals surface area contributed by atoms with Gasteiger partial charge in [0.25, 0.3) is 0 Å². The van der Waals surface area contributed by atoms with Crippen molar-refractivity contribution in [3.63, 3.8) is 0 Å². The molecule has 4 aromatic rings. The molecule has 2 aliphatic rings. The van der Waals surface area contributed by atoms with Gasteiger partial charge in [-0.3, -0.25) is 0 Å². The number of allylic oxidation sites excluding steroid dienone is 3. The number of ether oxygens (including phenoxy) is 2. The van der Waals surface area contributed by atoms with Gasteiger partial charge in [0.15, 0.2) is 23.1 Å². The van der Waals surface area contributed by atoms with Crippen LogP contribution in [0.2, 0.25) is 0 Å². The predicted octanol–water partition coefficient (Wildman–Crippen LogP) is 13.4. The lowest BCUT2D eigenvalue weighted by Crippen LogP contribution is -2.11. The Kier molecular flexibility index (Phi) is 13.6. The number of hydrogen-bond acceptors (Lipinski definition) is 2. The number of halogens is 4. The molecule has 270 valence electrons. The van der Waals surface area contributed by atoms with Crippen molar-refractivity contribution < 1.29 is 27.0 Å². The Morgan fingerprint density at radius 1 is 0.549 bits per heavy atom. The molecule has 2 fully saturated rings. The molecule has 0 saturated heterocycles. The van der Waals surface area contributed by atoms with Crippen LogP contribution in [0.5, 0.6) is 11.5 Å². The van der Waals surface area contributed by atoms with Crippen molar-refractivity contribution in [3.8, 4) is 33.8 Å². The van der Waals surface area contributed by atoms with E-state index in [1.807, 2.05) is 36.4 Å². The first kappa shape index (κ1) is 37.9. The summed E-state index contributed by atoms with van der Waals surface area (Å²) in [4.78, 5) is 0. The van der Waals surface area contributed by atoms with Gasteiger partial charge in [0.2, 0.25) is 11.6 Å². The van der Waals surface area contributed by atoms with Crippen molar-refractivity contribution in [2.45, 2.75) is 84.0 Å². The van der Waals surface area contributed by atoms with E-state index in [4.69, 9.17) is 9.47 Å². The standard InChI is InChI=1S/C23H26F2O.C22H24F2O/c1-3-5-16-6-8-17(9-7-16)18-10-12-19(13-11-18)20-14-15-21(26-4-2)23(25)22(20)24;1-3-15-5-7-16(8-6-15)17-9-11-18(12-10-17)19-13-14-20(25-4-2)22(24)21(19)23/h3,5,10-17H,4,6-9H2,1-2H3;3,9-16H,1,4-8H2,2H3/b5-3+;. The lowest BCUT2D eigenvalue weighted by molar-refractivity contribution is 0.314. The van der Waals surface area contributed by atoms with E-state index in [0.717, 1.165) is 12.8 Å². The summed E-state index contributed by atoms with van der Waals surface area (Å²) in [5.41, 5.74) is 4.48. The summed E-state index contributed by atoms with van der Waals surface area (Å²) in [7, 11) is 0. The number of benzene rings is 4. The molecule has 0 unspecified atom stereocenters.